The lowest BCUT2D eigenvalue weighted by Crippen LogP contribution is -2.22. The van der Waals surface area contributed by atoms with Crippen molar-refractivity contribution in [1.29, 1.82) is 0 Å². The van der Waals surface area contributed by atoms with Crippen molar-refractivity contribution in [2.75, 3.05) is 0 Å². The average Bonchev–Trinajstić information content (AvgIpc) is 2.33. The number of rotatable bonds is 3. The van der Waals surface area contributed by atoms with Crippen LogP contribution in [-0.4, -0.2) is 17.2 Å². The zero-order valence-corrected chi connectivity index (χ0v) is 9.94. The van der Waals surface area contributed by atoms with E-state index in [0.29, 0.717) is 10.8 Å². The van der Waals surface area contributed by atoms with Crippen LogP contribution >= 0.6 is 11.6 Å². The highest BCUT2D eigenvalue weighted by Gasteiger charge is 2.14. The molecule has 0 heterocycles. The maximum Gasteiger partial charge on any atom is 0.344 e. The first-order valence-corrected chi connectivity index (χ1v) is 5.54. The van der Waals surface area contributed by atoms with Gasteiger partial charge >= 0.3 is 5.97 Å². The number of fused-ring (bicyclic) bond motifs is 1. The molecule has 0 spiro atoms. The van der Waals surface area contributed by atoms with E-state index in [0.717, 1.165) is 10.8 Å². The second-order valence-corrected chi connectivity index (χ2v) is 4.10. The first-order valence-electron chi connectivity index (χ1n) is 5.16. The predicted octanol–water partition coefficient (Wildman–Crippen LogP) is 3.35. The molecule has 0 unspecified atom stereocenters. The number of carboxylic acids is 1. The molecule has 2 aromatic rings. The number of carboxylic acid groups (broad SMARTS) is 1. The Morgan fingerprint density at radius 1 is 1.24 bits per heavy atom. The number of halogens is 1. The van der Waals surface area contributed by atoms with Crippen LogP contribution in [0.3, 0.4) is 0 Å². The van der Waals surface area contributed by atoms with Crippen LogP contribution in [0.1, 0.15) is 6.92 Å². The van der Waals surface area contributed by atoms with Crippen LogP contribution in [-0.2, 0) is 4.79 Å². The Kier molecular flexibility index (Phi) is 3.20. The van der Waals surface area contributed by atoms with E-state index in [1.807, 2.05) is 24.3 Å². The number of hydrogen-bond donors (Lipinski definition) is 1. The van der Waals surface area contributed by atoms with Gasteiger partial charge in [0.2, 0.25) is 0 Å². The van der Waals surface area contributed by atoms with Gasteiger partial charge in [-0.3, -0.25) is 0 Å². The van der Waals surface area contributed by atoms with Crippen molar-refractivity contribution in [1.82, 2.24) is 0 Å². The molecule has 2 aromatic carbocycles. The Labute approximate surface area is 104 Å². The zero-order valence-electron chi connectivity index (χ0n) is 9.18. The van der Waals surface area contributed by atoms with Gasteiger partial charge in [0, 0.05) is 15.8 Å². The maximum atomic E-state index is 10.8. The molecule has 2 rings (SSSR count). The Hall–Kier alpha value is -1.74. The summed E-state index contributed by atoms with van der Waals surface area (Å²) in [5.74, 6) is -0.469. The van der Waals surface area contributed by atoms with Gasteiger partial charge in [-0.2, -0.15) is 0 Å². The summed E-state index contributed by atoms with van der Waals surface area (Å²) in [5, 5.41) is 11.1. The van der Waals surface area contributed by atoms with E-state index in [2.05, 4.69) is 0 Å². The van der Waals surface area contributed by atoms with Gasteiger partial charge in [0.15, 0.2) is 6.10 Å². The Bertz CT molecular complexity index is 566. The summed E-state index contributed by atoms with van der Waals surface area (Å²) in [5.41, 5.74) is 0. The number of benzene rings is 2. The van der Waals surface area contributed by atoms with Crippen molar-refractivity contribution in [2.24, 2.45) is 0 Å². The van der Waals surface area contributed by atoms with E-state index in [9.17, 15) is 4.79 Å². The first-order chi connectivity index (χ1) is 8.09. The van der Waals surface area contributed by atoms with E-state index in [4.69, 9.17) is 21.4 Å². The lowest BCUT2D eigenvalue weighted by Gasteiger charge is -2.13. The standard InChI is InChI=1S/C13H11ClO3/c1-8(13(15)16)17-12-7-6-11(14)9-4-2-3-5-10(9)12/h2-8H,1H3,(H,15,16)/t8-/m0/s1. The molecule has 0 aromatic heterocycles. The molecule has 1 N–H and O–H groups in total. The third kappa shape index (κ3) is 2.34. The molecule has 3 nitrogen and oxygen atoms in total. The van der Waals surface area contributed by atoms with Crippen LogP contribution in [0.5, 0.6) is 5.75 Å². The molecule has 0 saturated carbocycles. The van der Waals surface area contributed by atoms with Crippen LogP contribution in [0.15, 0.2) is 36.4 Å². The molecular formula is C13H11ClO3. The first kappa shape index (κ1) is 11.7. The SMILES string of the molecule is C[C@H](Oc1ccc(Cl)c2ccccc12)C(=O)O. The molecule has 0 aliphatic heterocycles. The summed E-state index contributed by atoms with van der Waals surface area (Å²) in [6, 6.07) is 10.8. The quantitative estimate of drug-likeness (QED) is 0.909. The minimum Gasteiger partial charge on any atom is -0.479 e. The van der Waals surface area contributed by atoms with Gasteiger partial charge in [-0.15, -0.1) is 0 Å². The maximum absolute atomic E-state index is 10.8. The Morgan fingerprint density at radius 3 is 2.53 bits per heavy atom. The third-order valence-electron chi connectivity index (χ3n) is 2.48. The minimum atomic E-state index is -0.996. The van der Waals surface area contributed by atoms with Crippen molar-refractivity contribution in [3.63, 3.8) is 0 Å². The molecular weight excluding hydrogens is 240 g/mol. The predicted molar refractivity (Wildman–Crippen MR) is 66.7 cm³/mol. The molecule has 0 saturated heterocycles. The van der Waals surface area contributed by atoms with Crippen LogP contribution in [0, 0.1) is 0 Å². The summed E-state index contributed by atoms with van der Waals surface area (Å²) >= 11 is 6.06. The summed E-state index contributed by atoms with van der Waals surface area (Å²) in [6.45, 7) is 1.49. The monoisotopic (exact) mass is 250 g/mol. The van der Waals surface area contributed by atoms with Crippen LogP contribution in [0.2, 0.25) is 5.02 Å². The van der Waals surface area contributed by atoms with E-state index in [-0.39, 0.29) is 0 Å². The normalized spacial score (nSPS) is 12.4. The smallest absolute Gasteiger partial charge is 0.344 e. The fourth-order valence-electron chi connectivity index (χ4n) is 1.58. The molecule has 17 heavy (non-hydrogen) atoms. The molecule has 4 heteroatoms. The molecule has 0 amide bonds. The average molecular weight is 251 g/mol. The largest absolute Gasteiger partial charge is 0.479 e. The van der Waals surface area contributed by atoms with Crippen LogP contribution in [0.4, 0.5) is 0 Å². The highest BCUT2D eigenvalue weighted by molar-refractivity contribution is 6.35. The van der Waals surface area contributed by atoms with Gasteiger partial charge < -0.3 is 9.84 Å². The van der Waals surface area contributed by atoms with Gasteiger partial charge in [-0.1, -0.05) is 35.9 Å². The minimum absolute atomic E-state index is 0.528. The fraction of sp³-hybridized carbons (Fsp3) is 0.154. The highest BCUT2D eigenvalue weighted by Crippen LogP contribution is 2.31. The zero-order chi connectivity index (χ0) is 12.4. The molecule has 1 atom stereocenters. The number of aliphatic carboxylic acids is 1. The molecule has 0 aliphatic rings. The number of hydrogen-bond acceptors (Lipinski definition) is 2. The van der Waals surface area contributed by atoms with Gasteiger partial charge in [-0.05, 0) is 19.1 Å². The van der Waals surface area contributed by atoms with Gasteiger partial charge in [0.05, 0.1) is 0 Å². The van der Waals surface area contributed by atoms with Gasteiger partial charge in [-0.25, -0.2) is 4.79 Å². The van der Waals surface area contributed by atoms with Crippen LogP contribution in [0.25, 0.3) is 10.8 Å². The summed E-state index contributed by atoms with van der Waals surface area (Å²) in [6.07, 6.45) is -0.889. The molecule has 0 bridgehead atoms. The molecule has 0 radical (unpaired) electrons. The second-order valence-electron chi connectivity index (χ2n) is 3.69. The number of ether oxygens (including phenoxy) is 1. The van der Waals surface area contributed by atoms with E-state index in [1.165, 1.54) is 6.92 Å². The van der Waals surface area contributed by atoms with Crippen molar-refractivity contribution in [3.05, 3.63) is 41.4 Å². The third-order valence-corrected chi connectivity index (χ3v) is 2.81. The topological polar surface area (TPSA) is 46.5 Å². The number of carbonyl (C=O) groups is 1. The van der Waals surface area contributed by atoms with Crippen molar-refractivity contribution in [3.8, 4) is 5.75 Å². The lowest BCUT2D eigenvalue weighted by atomic mass is 10.1. The van der Waals surface area contributed by atoms with Crippen molar-refractivity contribution in [2.45, 2.75) is 13.0 Å². The lowest BCUT2D eigenvalue weighted by molar-refractivity contribution is -0.144. The van der Waals surface area contributed by atoms with E-state index < -0.39 is 12.1 Å². The van der Waals surface area contributed by atoms with E-state index in [1.54, 1.807) is 12.1 Å². The van der Waals surface area contributed by atoms with Gasteiger partial charge in [0.1, 0.15) is 5.75 Å². The highest BCUT2D eigenvalue weighted by atomic mass is 35.5. The van der Waals surface area contributed by atoms with E-state index >= 15 is 0 Å². The Morgan fingerprint density at radius 2 is 1.88 bits per heavy atom. The molecule has 88 valence electrons. The summed E-state index contributed by atoms with van der Waals surface area (Å²) < 4.78 is 5.39. The molecule has 0 fully saturated rings. The summed E-state index contributed by atoms with van der Waals surface area (Å²) in [4.78, 5) is 10.8. The second kappa shape index (κ2) is 4.63. The molecule has 0 aliphatic carbocycles. The van der Waals surface area contributed by atoms with Gasteiger partial charge in [0.25, 0.3) is 0 Å². The van der Waals surface area contributed by atoms with Crippen LogP contribution < -0.4 is 4.74 Å². The van der Waals surface area contributed by atoms with Crippen molar-refractivity contribution >= 4 is 28.3 Å². The van der Waals surface area contributed by atoms with Crippen molar-refractivity contribution < 1.29 is 14.6 Å². The summed E-state index contributed by atoms with van der Waals surface area (Å²) in [7, 11) is 0. The fourth-order valence-corrected chi connectivity index (χ4v) is 1.81. The Balaban J connectivity index is 2.48.